The second-order valence-corrected chi connectivity index (χ2v) is 6.07. The summed E-state index contributed by atoms with van der Waals surface area (Å²) in [6.07, 6.45) is 0.776. The topological polar surface area (TPSA) is 47.6 Å². The molecule has 1 N–H and O–H groups in total. The van der Waals surface area contributed by atoms with Gasteiger partial charge >= 0.3 is 0 Å². The van der Waals surface area contributed by atoms with Gasteiger partial charge in [-0.05, 0) is 23.4 Å². The number of rotatable bonds is 5. The number of hydrogen-bond donors (Lipinski definition) is 1. The van der Waals surface area contributed by atoms with E-state index in [0.29, 0.717) is 25.4 Å². The molecule has 0 aliphatic carbocycles. The molecular weight excluding hydrogens is 298 g/mol. The molecule has 0 radical (unpaired) electrons. The largest absolute Gasteiger partial charge is 0.379 e. The van der Waals surface area contributed by atoms with Gasteiger partial charge in [0.25, 0.3) is 5.91 Å². The molecule has 0 saturated carbocycles. The third-order valence-electron chi connectivity index (χ3n) is 3.70. The van der Waals surface area contributed by atoms with Crippen LogP contribution in [-0.4, -0.2) is 31.3 Å². The molecule has 1 aliphatic rings. The van der Waals surface area contributed by atoms with Crippen molar-refractivity contribution in [2.45, 2.75) is 25.2 Å². The van der Waals surface area contributed by atoms with Gasteiger partial charge in [0, 0.05) is 17.6 Å². The van der Waals surface area contributed by atoms with E-state index in [4.69, 9.17) is 9.47 Å². The Morgan fingerprint density at radius 1 is 1.32 bits per heavy atom. The first-order chi connectivity index (χ1) is 10.8. The van der Waals surface area contributed by atoms with Gasteiger partial charge < -0.3 is 14.8 Å². The van der Waals surface area contributed by atoms with Crippen molar-refractivity contribution in [3.63, 3.8) is 0 Å². The average Bonchev–Trinajstić information content (AvgIpc) is 3.10. The fourth-order valence-electron chi connectivity index (χ4n) is 2.48. The molecule has 2 aromatic rings. The lowest BCUT2D eigenvalue weighted by molar-refractivity contribution is -0.0605. The first-order valence-corrected chi connectivity index (χ1v) is 8.33. The van der Waals surface area contributed by atoms with Gasteiger partial charge in [0.1, 0.15) is 0 Å². The maximum absolute atomic E-state index is 12.2. The third-order valence-corrected chi connectivity index (χ3v) is 4.38. The molecule has 2 atom stereocenters. The zero-order chi connectivity index (χ0) is 15.2. The van der Waals surface area contributed by atoms with Crippen LogP contribution in [0, 0.1) is 0 Å². The number of nitrogens with one attached hydrogen (secondary N) is 1. The summed E-state index contributed by atoms with van der Waals surface area (Å²) in [6, 6.07) is 11.8. The molecule has 1 fully saturated rings. The van der Waals surface area contributed by atoms with Crippen molar-refractivity contribution in [2.24, 2.45) is 0 Å². The number of carbonyl (C=O) groups is 1. The van der Waals surface area contributed by atoms with E-state index in [0.717, 1.165) is 12.0 Å². The van der Waals surface area contributed by atoms with Crippen LogP contribution in [0.1, 0.15) is 22.3 Å². The molecule has 116 valence electrons. The van der Waals surface area contributed by atoms with Gasteiger partial charge in [0.15, 0.2) is 0 Å². The van der Waals surface area contributed by atoms with E-state index in [9.17, 15) is 4.79 Å². The Hall–Kier alpha value is -1.69. The summed E-state index contributed by atoms with van der Waals surface area (Å²) < 4.78 is 11.5. The highest BCUT2D eigenvalue weighted by Gasteiger charge is 2.28. The maximum atomic E-state index is 12.2. The summed E-state index contributed by atoms with van der Waals surface area (Å²) in [5.41, 5.74) is 1.83. The second kappa shape index (κ2) is 7.54. The molecule has 0 unspecified atom stereocenters. The van der Waals surface area contributed by atoms with Gasteiger partial charge in [0.2, 0.25) is 0 Å². The summed E-state index contributed by atoms with van der Waals surface area (Å²) in [6.45, 7) is 1.72. The minimum Gasteiger partial charge on any atom is -0.379 e. The lowest BCUT2D eigenvalue weighted by Gasteiger charge is -2.32. The van der Waals surface area contributed by atoms with Crippen LogP contribution in [-0.2, 0) is 16.1 Å². The summed E-state index contributed by atoms with van der Waals surface area (Å²) in [4.78, 5) is 12.2. The van der Waals surface area contributed by atoms with Gasteiger partial charge in [-0.25, -0.2) is 0 Å². The Balaban J connectivity index is 1.57. The van der Waals surface area contributed by atoms with Crippen molar-refractivity contribution in [1.29, 1.82) is 0 Å². The standard InChI is InChI=1S/C17H19NO3S/c19-17(14-7-9-22-12-14)18-15-11-20-8-6-16(15)21-10-13-4-2-1-3-5-13/h1-5,7,9,12,15-16H,6,8,10-11H2,(H,18,19)/t15-,16+/m1/s1. The Morgan fingerprint density at radius 3 is 2.95 bits per heavy atom. The molecule has 1 aliphatic heterocycles. The first kappa shape index (κ1) is 15.2. The normalized spacial score (nSPS) is 21.5. The van der Waals surface area contributed by atoms with Gasteiger partial charge in [0.05, 0.1) is 25.4 Å². The van der Waals surface area contributed by atoms with Crippen LogP contribution in [0.4, 0.5) is 0 Å². The Labute approximate surface area is 134 Å². The molecule has 1 aromatic heterocycles. The van der Waals surface area contributed by atoms with E-state index in [1.807, 2.05) is 47.2 Å². The number of amides is 1. The zero-order valence-corrected chi connectivity index (χ0v) is 13.1. The van der Waals surface area contributed by atoms with Gasteiger partial charge in [-0.2, -0.15) is 11.3 Å². The lowest BCUT2D eigenvalue weighted by atomic mass is 10.1. The second-order valence-electron chi connectivity index (χ2n) is 5.29. The molecule has 22 heavy (non-hydrogen) atoms. The van der Waals surface area contributed by atoms with Crippen molar-refractivity contribution in [1.82, 2.24) is 5.32 Å². The molecule has 3 rings (SSSR count). The molecule has 0 bridgehead atoms. The minimum atomic E-state index is -0.107. The van der Waals surface area contributed by atoms with Gasteiger partial charge in [-0.15, -0.1) is 0 Å². The SMILES string of the molecule is O=C(N[C@@H]1COCC[C@@H]1OCc1ccccc1)c1ccsc1. The van der Waals surface area contributed by atoms with Crippen molar-refractivity contribution in [2.75, 3.05) is 13.2 Å². The summed E-state index contributed by atoms with van der Waals surface area (Å²) in [5.74, 6) is -0.0648. The van der Waals surface area contributed by atoms with E-state index >= 15 is 0 Å². The molecule has 1 amide bonds. The van der Waals surface area contributed by atoms with Crippen LogP contribution >= 0.6 is 11.3 Å². The predicted molar refractivity (Wildman–Crippen MR) is 86.0 cm³/mol. The van der Waals surface area contributed by atoms with Crippen LogP contribution in [0.15, 0.2) is 47.2 Å². The maximum Gasteiger partial charge on any atom is 0.252 e. The lowest BCUT2D eigenvalue weighted by Crippen LogP contribution is -2.50. The summed E-state index contributed by atoms with van der Waals surface area (Å²) >= 11 is 1.51. The molecule has 4 nitrogen and oxygen atoms in total. The number of hydrogen-bond acceptors (Lipinski definition) is 4. The molecular formula is C17H19NO3S. The van der Waals surface area contributed by atoms with E-state index in [1.165, 1.54) is 11.3 Å². The van der Waals surface area contributed by atoms with E-state index in [2.05, 4.69) is 5.32 Å². The highest BCUT2D eigenvalue weighted by Crippen LogP contribution is 2.15. The smallest absolute Gasteiger partial charge is 0.252 e. The number of carbonyl (C=O) groups excluding carboxylic acids is 1. The van der Waals surface area contributed by atoms with Crippen molar-refractivity contribution in [3.8, 4) is 0 Å². The first-order valence-electron chi connectivity index (χ1n) is 7.39. The third kappa shape index (κ3) is 3.94. The van der Waals surface area contributed by atoms with Crippen molar-refractivity contribution >= 4 is 17.2 Å². The van der Waals surface area contributed by atoms with E-state index in [1.54, 1.807) is 0 Å². The van der Waals surface area contributed by atoms with Crippen LogP contribution in [0.2, 0.25) is 0 Å². The Bertz CT molecular complexity index is 585. The molecule has 5 heteroatoms. The molecule has 0 spiro atoms. The minimum absolute atomic E-state index is 0.0171. The highest BCUT2D eigenvalue weighted by molar-refractivity contribution is 7.08. The van der Waals surface area contributed by atoms with Crippen LogP contribution in [0.3, 0.4) is 0 Å². The molecule has 1 saturated heterocycles. The molecule has 1 aromatic carbocycles. The van der Waals surface area contributed by atoms with Crippen LogP contribution < -0.4 is 5.32 Å². The van der Waals surface area contributed by atoms with Gasteiger partial charge in [-0.3, -0.25) is 4.79 Å². The van der Waals surface area contributed by atoms with E-state index in [-0.39, 0.29) is 18.1 Å². The van der Waals surface area contributed by atoms with Crippen molar-refractivity contribution in [3.05, 3.63) is 58.3 Å². The fraction of sp³-hybridized carbons (Fsp3) is 0.353. The highest BCUT2D eigenvalue weighted by atomic mass is 32.1. The number of thiophene rings is 1. The summed E-state index contributed by atoms with van der Waals surface area (Å²) in [5, 5.41) is 6.77. The Kier molecular flexibility index (Phi) is 5.21. The van der Waals surface area contributed by atoms with Crippen molar-refractivity contribution < 1.29 is 14.3 Å². The van der Waals surface area contributed by atoms with E-state index < -0.39 is 0 Å². The fourth-order valence-corrected chi connectivity index (χ4v) is 3.11. The van der Waals surface area contributed by atoms with Crippen LogP contribution in [0.25, 0.3) is 0 Å². The quantitative estimate of drug-likeness (QED) is 0.922. The number of ether oxygens (including phenoxy) is 2. The van der Waals surface area contributed by atoms with Gasteiger partial charge in [-0.1, -0.05) is 30.3 Å². The zero-order valence-electron chi connectivity index (χ0n) is 12.2. The monoisotopic (exact) mass is 317 g/mol. The Morgan fingerprint density at radius 2 is 2.18 bits per heavy atom. The average molecular weight is 317 g/mol. The predicted octanol–water partition coefficient (Wildman–Crippen LogP) is 2.85. The summed E-state index contributed by atoms with van der Waals surface area (Å²) in [7, 11) is 0. The van der Waals surface area contributed by atoms with Crippen LogP contribution in [0.5, 0.6) is 0 Å². The number of benzene rings is 1. The molecule has 2 heterocycles.